The zero-order chi connectivity index (χ0) is 22.5. The van der Waals surface area contributed by atoms with Crippen molar-refractivity contribution >= 4 is 28.9 Å². The van der Waals surface area contributed by atoms with Gasteiger partial charge in [0.1, 0.15) is 18.1 Å². The summed E-state index contributed by atoms with van der Waals surface area (Å²) >= 11 is 6.00. The molecule has 0 saturated carbocycles. The van der Waals surface area contributed by atoms with Crippen LogP contribution in [0.4, 0.5) is 11.4 Å². The number of non-ortho nitro benzene ring substituents is 1. The molecule has 2 aromatic carbocycles. The number of amides is 1. The zero-order valence-electron chi connectivity index (χ0n) is 16.6. The highest BCUT2D eigenvalue weighted by atomic mass is 35.5. The van der Waals surface area contributed by atoms with Gasteiger partial charge in [0.05, 0.1) is 23.4 Å². The van der Waals surface area contributed by atoms with Crippen molar-refractivity contribution in [1.29, 1.82) is 0 Å². The van der Waals surface area contributed by atoms with E-state index in [9.17, 15) is 14.9 Å². The van der Waals surface area contributed by atoms with Crippen LogP contribution in [0.2, 0.25) is 5.02 Å². The summed E-state index contributed by atoms with van der Waals surface area (Å²) in [5, 5.41) is 18.3. The van der Waals surface area contributed by atoms with Crippen molar-refractivity contribution in [3.8, 4) is 5.75 Å². The van der Waals surface area contributed by atoms with Gasteiger partial charge >= 0.3 is 0 Å². The van der Waals surface area contributed by atoms with Crippen LogP contribution in [0.3, 0.4) is 0 Å². The summed E-state index contributed by atoms with van der Waals surface area (Å²) in [6, 6.07) is 16.3. The molecular formula is C22H17ClN4O5. The lowest BCUT2D eigenvalue weighted by atomic mass is 10.2. The largest absolute Gasteiger partial charge is 0.486 e. The Hall–Kier alpha value is -4.11. The van der Waals surface area contributed by atoms with Crippen molar-refractivity contribution in [3.63, 3.8) is 0 Å². The van der Waals surface area contributed by atoms with E-state index in [1.54, 1.807) is 35.3 Å². The molecule has 0 aliphatic rings. The SMILES string of the molecule is O=C(Nc1cnn(Cc2cccc(Cl)c2)c1)c1ccc(COc2ccc([N+](=O)[O-])cc2)o1. The molecule has 0 saturated heterocycles. The summed E-state index contributed by atoms with van der Waals surface area (Å²) < 4.78 is 12.8. The fourth-order valence-electron chi connectivity index (χ4n) is 2.93. The summed E-state index contributed by atoms with van der Waals surface area (Å²) in [5.74, 6) is 0.582. The second kappa shape index (κ2) is 9.36. The van der Waals surface area contributed by atoms with Gasteiger partial charge in [0, 0.05) is 23.4 Å². The number of furan rings is 1. The third-order valence-corrected chi connectivity index (χ3v) is 4.67. The highest BCUT2D eigenvalue weighted by Gasteiger charge is 2.13. The number of ether oxygens (including phenoxy) is 1. The van der Waals surface area contributed by atoms with Gasteiger partial charge in [-0.15, -0.1) is 0 Å². The number of hydrogen-bond acceptors (Lipinski definition) is 6. The van der Waals surface area contributed by atoms with Crippen LogP contribution in [0.15, 0.2) is 77.5 Å². The van der Waals surface area contributed by atoms with Crippen LogP contribution in [0.5, 0.6) is 5.75 Å². The number of nitrogens with one attached hydrogen (secondary N) is 1. The lowest BCUT2D eigenvalue weighted by molar-refractivity contribution is -0.384. The maximum Gasteiger partial charge on any atom is 0.291 e. The van der Waals surface area contributed by atoms with Crippen LogP contribution < -0.4 is 10.1 Å². The molecule has 2 heterocycles. The molecule has 0 unspecified atom stereocenters. The van der Waals surface area contributed by atoms with Crippen LogP contribution in [-0.4, -0.2) is 20.6 Å². The number of nitro benzene ring substituents is 1. The van der Waals surface area contributed by atoms with E-state index >= 15 is 0 Å². The van der Waals surface area contributed by atoms with Crippen molar-refractivity contribution in [1.82, 2.24) is 9.78 Å². The van der Waals surface area contributed by atoms with Crippen LogP contribution in [-0.2, 0) is 13.2 Å². The van der Waals surface area contributed by atoms with E-state index in [0.29, 0.717) is 28.8 Å². The minimum absolute atomic E-state index is 0.0230. The van der Waals surface area contributed by atoms with Crippen molar-refractivity contribution in [3.05, 3.63) is 105 Å². The standard InChI is InChI=1S/C22H17ClN4O5/c23-16-3-1-2-15(10-16)12-26-13-17(11-24-26)25-22(28)21-9-8-20(32-21)14-31-19-6-4-18(5-7-19)27(29)30/h1-11,13H,12,14H2,(H,25,28). The molecular weight excluding hydrogens is 436 g/mol. The second-order valence-corrected chi connectivity index (χ2v) is 7.25. The van der Waals surface area contributed by atoms with Gasteiger partial charge in [-0.05, 0) is 42.0 Å². The van der Waals surface area contributed by atoms with E-state index in [1.165, 1.54) is 24.3 Å². The van der Waals surface area contributed by atoms with Crippen molar-refractivity contribution < 1.29 is 18.9 Å². The lowest BCUT2D eigenvalue weighted by Crippen LogP contribution is -2.10. The third-order valence-electron chi connectivity index (χ3n) is 4.44. The number of aromatic nitrogens is 2. The van der Waals surface area contributed by atoms with Crippen molar-refractivity contribution in [2.24, 2.45) is 0 Å². The molecule has 1 amide bonds. The Morgan fingerprint density at radius 3 is 2.75 bits per heavy atom. The van der Waals surface area contributed by atoms with E-state index in [0.717, 1.165) is 5.56 Å². The van der Waals surface area contributed by atoms with Gasteiger partial charge in [-0.1, -0.05) is 23.7 Å². The Morgan fingerprint density at radius 2 is 2.00 bits per heavy atom. The number of nitrogens with zero attached hydrogens (tertiary/aromatic N) is 3. The molecule has 0 fully saturated rings. The minimum atomic E-state index is -0.484. The topological polar surface area (TPSA) is 112 Å². The Balaban J connectivity index is 1.32. The average Bonchev–Trinajstić information content (AvgIpc) is 3.42. The molecule has 2 aromatic heterocycles. The molecule has 0 aliphatic carbocycles. The summed E-state index contributed by atoms with van der Waals surface area (Å²) in [7, 11) is 0. The Morgan fingerprint density at radius 1 is 1.19 bits per heavy atom. The molecule has 9 nitrogen and oxygen atoms in total. The maximum atomic E-state index is 12.5. The second-order valence-electron chi connectivity index (χ2n) is 6.82. The first kappa shape index (κ1) is 21.1. The number of hydrogen-bond donors (Lipinski definition) is 1. The number of benzene rings is 2. The van der Waals surface area contributed by atoms with E-state index in [4.69, 9.17) is 20.8 Å². The van der Waals surface area contributed by atoms with Crippen LogP contribution in [0.1, 0.15) is 21.9 Å². The number of nitro groups is 1. The first-order chi connectivity index (χ1) is 15.5. The molecule has 32 heavy (non-hydrogen) atoms. The van der Waals surface area contributed by atoms with E-state index in [2.05, 4.69) is 10.4 Å². The van der Waals surface area contributed by atoms with Gasteiger partial charge < -0.3 is 14.5 Å². The van der Waals surface area contributed by atoms with Crippen molar-refractivity contribution in [2.75, 3.05) is 5.32 Å². The van der Waals surface area contributed by atoms with Crippen molar-refractivity contribution in [2.45, 2.75) is 13.2 Å². The smallest absolute Gasteiger partial charge is 0.291 e. The molecule has 0 bridgehead atoms. The highest BCUT2D eigenvalue weighted by molar-refractivity contribution is 6.30. The Labute approximate surface area is 187 Å². The normalized spacial score (nSPS) is 10.7. The average molecular weight is 453 g/mol. The molecule has 1 N–H and O–H groups in total. The van der Waals surface area contributed by atoms with Gasteiger partial charge in [0.25, 0.3) is 11.6 Å². The molecule has 0 radical (unpaired) electrons. The van der Waals surface area contributed by atoms with Gasteiger partial charge in [0.15, 0.2) is 5.76 Å². The quantitative estimate of drug-likeness (QED) is 0.300. The first-order valence-electron chi connectivity index (χ1n) is 9.50. The number of carbonyl (C=O) groups is 1. The summed E-state index contributed by atoms with van der Waals surface area (Å²) in [4.78, 5) is 22.7. The molecule has 10 heteroatoms. The predicted molar refractivity (Wildman–Crippen MR) is 117 cm³/mol. The minimum Gasteiger partial charge on any atom is -0.486 e. The van der Waals surface area contributed by atoms with Crippen LogP contribution in [0.25, 0.3) is 0 Å². The first-order valence-corrected chi connectivity index (χ1v) is 9.88. The third kappa shape index (κ3) is 5.32. The Kier molecular flexibility index (Phi) is 6.18. The van der Waals surface area contributed by atoms with E-state index in [-0.39, 0.29) is 18.1 Å². The highest BCUT2D eigenvalue weighted by Crippen LogP contribution is 2.20. The molecule has 0 spiro atoms. The molecule has 162 valence electrons. The molecule has 0 aliphatic heterocycles. The summed E-state index contributed by atoms with van der Waals surface area (Å²) in [6.07, 6.45) is 3.25. The predicted octanol–water partition coefficient (Wildman–Crippen LogP) is 4.92. The fourth-order valence-corrected chi connectivity index (χ4v) is 3.14. The van der Waals surface area contributed by atoms with Gasteiger partial charge in [-0.3, -0.25) is 19.6 Å². The van der Waals surface area contributed by atoms with Gasteiger partial charge in [-0.2, -0.15) is 5.10 Å². The number of rotatable bonds is 8. The monoisotopic (exact) mass is 452 g/mol. The maximum absolute atomic E-state index is 12.5. The van der Waals surface area contributed by atoms with Crippen LogP contribution >= 0.6 is 11.6 Å². The van der Waals surface area contributed by atoms with E-state index in [1.807, 2.05) is 18.2 Å². The van der Waals surface area contributed by atoms with Gasteiger partial charge in [0.2, 0.25) is 0 Å². The molecule has 0 atom stereocenters. The fraction of sp³-hybridized carbons (Fsp3) is 0.0909. The number of anilines is 1. The molecule has 4 rings (SSSR count). The number of carbonyl (C=O) groups excluding carboxylic acids is 1. The lowest BCUT2D eigenvalue weighted by Gasteiger charge is -2.04. The molecule has 4 aromatic rings. The van der Waals surface area contributed by atoms with Crippen LogP contribution in [0, 0.1) is 10.1 Å². The number of halogens is 1. The Bertz CT molecular complexity index is 1250. The van der Waals surface area contributed by atoms with Gasteiger partial charge in [-0.25, -0.2) is 0 Å². The summed E-state index contributed by atoms with van der Waals surface area (Å²) in [6.45, 7) is 0.587. The summed E-state index contributed by atoms with van der Waals surface area (Å²) in [5.41, 5.74) is 1.49. The van der Waals surface area contributed by atoms with E-state index < -0.39 is 10.8 Å². The zero-order valence-corrected chi connectivity index (χ0v) is 17.4.